The quantitative estimate of drug-likeness (QED) is 0.801. The standard InChI is InChI=1S/C14H10F2N4O/c15-9-5-10(16)7-11(6-9)20-14(13(8-21)18-19-20)12-3-1-2-4-17-12/h1-7,21H,8H2. The van der Waals surface area contributed by atoms with Crippen LogP contribution < -0.4 is 0 Å². The minimum absolute atomic E-state index is 0.167. The zero-order valence-corrected chi connectivity index (χ0v) is 10.7. The predicted octanol–water partition coefficient (Wildman–Crippen LogP) is 2.10. The Balaban J connectivity index is 2.22. The molecule has 0 spiro atoms. The summed E-state index contributed by atoms with van der Waals surface area (Å²) in [5, 5.41) is 17.0. The zero-order chi connectivity index (χ0) is 14.8. The van der Waals surface area contributed by atoms with Crippen molar-refractivity contribution in [1.29, 1.82) is 0 Å². The van der Waals surface area contributed by atoms with Crippen LogP contribution in [-0.4, -0.2) is 25.1 Å². The second-order valence-corrected chi connectivity index (χ2v) is 4.30. The predicted molar refractivity (Wildman–Crippen MR) is 70.4 cm³/mol. The van der Waals surface area contributed by atoms with Gasteiger partial charge in [-0.25, -0.2) is 13.5 Å². The van der Waals surface area contributed by atoms with Crippen LogP contribution in [0.4, 0.5) is 8.78 Å². The number of rotatable bonds is 3. The number of aliphatic hydroxyl groups is 1. The van der Waals surface area contributed by atoms with Gasteiger partial charge in [0.2, 0.25) is 0 Å². The lowest BCUT2D eigenvalue weighted by molar-refractivity contribution is 0.277. The van der Waals surface area contributed by atoms with E-state index in [4.69, 9.17) is 0 Å². The number of hydrogen-bond acceptors (Lipinski definition) is 4. The summed E-state index contributed by atoms with van der Waals surface area (Å²) in [7, 11) is 0. The maximum Gasteiger partial charge on any atom is 0.128 e. The molecule has 2 aromatic heterocycles. The van der Waals surface area contributed by atoms with Gasteiger partial charge in [0.1, 0.15) is 23.0 Å². The number of hydrogen-bond donors (Lipinski definition) is 1. The summed E-state index contributed by atoms with van der Waals surface area (Å²) in [4.78, 5) is 4.16. The van der Waals surface area contributed by atoms with E-state index in [1.807, 2.05) is 0 Å². The third-order valence-electron chi connectivity index (χ3n) is 2.89. The molecule has 1 aromatic carbocycles. The summed E-state index contributed by atoms with van der Waals surface area (Å²) < 4.78 is 28.0. The molecule has 5 nitrogen and oxygen atoms in total. The molecule has 3 rings (SSSR count). The highest BCUT2D eigenvalue weighted by atomic mass is 19.1. The lowest BCUT2D eigenvalue weighted by Gasteiger charge is -2.07. The third kappa shape index (κ3) is 2.50. The Hall–Kier alpha value is -2.67. The maximum atomic E-state index is 13.4. The van der Waals surface area contributed by atoms with Gasteiger partial charge in [-0.1, -0.05) is 11.3 Å². The topological polar surface area (TPSA) is 63.8 Å². The molecule has 106 valence electrons. The Labute approximate surface area is 118 Å². The van der Waals surface area contributed by atoms with Crippen molar-refractivity contribution in [2.75, 3.05) is 0 Å². The van der Waals surface area contributed by atoms with Crippen molar-refractivity contribution >= 4 is 0 Å². The van der Waals surface area contributed by atoms with E-state index >= 15 is 0 Å². The summed E-state index contributed by atoms with van der Waals surface area (Å²) in [6.07, 6.45) is 1.57. The SMILES string of the molecule is OCc1nnn(-c2cc(F)cc(F)c2)c1-c1ccccn1. The lowest BCUT2D eigenvalue weighted by Crippen LogP contribution is -2.02. The van der Waals surface area contributed by atoms with Gasteiger partial charge in [0.25, 0.3) is 0 Å². The number of benzene rings is 1. The van der Waals surface area contributed by atoms with Crippen LogP contribution in [0.15, 0.2) is 42.6 Å². The van der Waals surface area contributed by atoms with Gasteiger partial charge in [0.05, 0.1) is 18.0 Å². The van der Waals surface area contributed by atoms with Crippen molar-refractivity contribution in [2.45, 2.75) is 6.61 Å². The van der Waals surface area contributed by atoms with E-state index in [0.29, 0.717) is 11.4 Å². The smallest absolute Gasteiger partial charge is 0.128 e. The molecule has 0 unspecified atom stereocenters. The Morgan fingerprint density at radius 2 is 1.86 bits per heavy atom. The van der Waals surface area contributed by atoms with Crippen LogP contribution in [0.3, 0.4) is 0 Å². The molecule has 0 aliphatic heterocycles. The van der Waals surface area contributed by atoms with Crippen LogP contribution in [0, 0.1) is 11.6 Å². The second-order valence-electron chi connectivity index (χ2n) is 4.30. The summed E-state index contributed by atoms with van der Waals surface area (Å²) in [5.74, 6) is -1.45. The van der Waals surface area contributed by atoms with Gasteiger partial charge in [0, 0.05) is 12.3 Å². The van der Waals surface area contributed by atoms with E-state index < -0.39 is 11.6 Å². The van der Waals surface area contributed by atoms with E-state index in [1.165, 1.54) is 4.68 Å². The van der Waals surface area contributed by atoms with Crippen LogP contribution in [0.2, 0.25) is 0 Å². The molecule has 3 aromatic rings. The van der Waals surface area contributed by atoms with Crippen LogP contribution >= 0.6 is 0 Å². The van der Waals surface area contributed by atoms with Gasteiger partial charge in [-0.3, -0.25) is 4.98 Å². The molecule has 1 N–H and O–H groups in total. The summed E-state index contributed by atoms with van der Waals surface area (Å²) in [6.45, 7) is -0.357. The lowest BCUT2D eigenvalue weighted by atomic mass is 10.2. The van der Waals surface area contributed by atoms with Gasteiger partial charge in [0.15, 0.2) is 0 Å². The maximum absolute atomic E-state index is 13.4. The Morgan fingerprint density at radius 3 is 2.48 bits per heavy atom. The molecule has 0 aliphatic rings. The number of halogens is 2. The summed E-state index contributed by atoms with van der Waals surface area (Å²) >= 11 is 0. The largest absolute Gasteiger partial charge is 0.390 e. The minimum atomic E-state index is -0.724. The Morgan fingerprint density at radius 1 is 1.10 bits per heavy atom. The van der Waals surface area contributed by atoms with Gasteiger partial charge >= 0.3 is 0 Å². The molecule has 0 fully saturated rings. The fourth-order valence-electron chi connectivity index (χ4n) is 2.02. The van der Waals surface area contributed by atoms with Gasteiger partial charge in [-0.15, -0.1) is 5.10 Å². The molecule has 0 bridgehead atoms. The molecule has 21 heavy (non-hydrogen) atoms. The van der Waals surface area contributed by atoms with Crippen LogP contribution in [0.5, 0.6) is 0 Å². The molecule has 0 radical (unpaired) electrons. The zero-order valence-electron chi connectivity index (χ0n) is 10.7. The average molecular weight is 288 g/mol. The third-order valence-corrected chi connectivity index (χ3v) is 2.89. The highest BCUT2D eigenvalue weighted by molar-refractivity contribution is 5.60. The summed E-state index contributed by atoms with van der Waals surface area (Å²) in [5.41, 5.74) is 1.33. The molecule has 0 saturated carbocycles. The first-order valence-corrected chi connectivity index (χ1v) is 6.12. The normalized spacial score (nSPS) is 10.8. The molecule has 0 atom stereocenters. The van der Waals surface area contributed by atoms with E-state index in [1.54, 1.807) is 24.4 Å². The van der Waals surface area contributed by atoms with Gasteiger partial charge < -0.3 is 5.11 Å². The van der Waals surface area contributed by atoms with Crippen LogP contribution in [0.1, 0.15) is 5.69 Å². The highest BCUT2D eigenvalue weighted by Gasteiger charge is 2.17. The van der Waals surface area contributed by atoms with Gasteiger partial charge in [-0.2, -0.15) is 0 Å². The van der Waals surface area contributed by atoms with Gasteiger partial charge in [-0.05, 0) is 24.3 Å². The first kappa shape index (κ1) is 13.3. The van der Waals surface area contributed by atoms with Crippen molar-refractivity contribution in [3.05, 3.63) is 59.9 Å². The number of nitrogens with zero attached hydrogens (tertiary/aromatic N) is 4. The van der Waals surface area contributed by atoms with Crippen LogP contribution in [0.25, 0.3) is 17.1 Å². The molecular formula is C14H10F2N4O. The molecule has 0 amide bonds. The Kier molecular flexibility index (Phi) is 3.41. The first-order valence-electron chi connectivity index (χ1n) is 6.12. The van der Waals surface area contributed by atoms with E-state index in [-0.39, 0.29) is 18.0 Å². The first-order chi connectivity index (χ1) is 10.2. The van der Waals surface area contributed by atoms with Crippen molar-refractivity contribution in [2.24, 2.45) is 0 Å². The van der Waals surface area contributed by atoms with Crippen molar-refractivity contribution in [1.82, 2.24) is 20.0 Å². The fourth-order valence-corrected chi connectivity index (χ4v) is 2.02. The number of aromatic nitrogens is 4. The number of pyridine rings is 1. The van der Waals surface area contributed by atoms with E-state index in [9.17, 15) is 13.9 Å². The van der Waals surface area contributed by atoms with E-state index in [2.05, 4.69) is 15.3 Å². The van der Waals surface area contributed by atoms with Crippen molar-refractivity contribution in [3.8, 4) is 17.1 Å². The average Bonchev–Trinajstić information content (AvgIpc) is 2.91. The fraction of sp³-hybridized carbons (Fsp3) is 0.0714. The minimum Gasteiger partial charge on any atom is -0.390 e. The number of aliphatic hydroxyl groups excluding tert-OH is 1. The molecular weight excluding hydrogens is 278 g/mol. The van der Waals surface area contributed by atoms with E-state index in [0.717, 1.165) is 18.2 Å². The van der Waals surface area contributed by atoms with Crippen LogP contribution in [-0.2, 0) is 6.61 Å². The molecule has 0 saturated heterocycles. The monoisotopic (exact) mass is 288 g/mol. The Bertz CT molecular complexity index is 754. The molecule has 7 heteroatoms. The van der Waals surface area contributed by atoms with Crippen molar-refractivity contribution < 1.29 is 13.9 Å². The molecule has 2 heterocycles. The van der Waals surface area contributed by atoms with Crippen molar-refractivity contribution in [3.63, 3.8) is 0 Å². The highest BCUT2D eigenvalue weighted by Crippen LogP contribution is 2.24. The second kappa shape index (κ2) is 5.37. The summed E-state index contributed by atoms with van der Waals surface area (Å²) in [6, 6.07) is 8.22. The molecule has 0 aliphatic carbocycles.